The molecule has 0 aromatic carbocycles. The van der Waals surface area contributed by atoms with Gasteiger partial charge < -0.3 is 5.73 Å². The van der Waals surface area contributed by atoms with E-state index in [1.54, 1.807) is 0 Å². The lowest BCUT2D eigenvalue weighted by Gasteiger charge is -2.47. The van der Waals surface area contributed by atoms with Crippen LogP contribution >= 0.6 is 0 Å². The standard InChI is InChI=1S/C15H29N3/c16-13-15(7-3-1-2-4-8-15)18-11-9-17(10-12-18)14-5-6-14/h14H,1-13,16H2. The minimum atomic E-state index is 0.353. The predicted molar refractivity (Wildman–Crippen MR) is 75.7 cm³/mol. The lowest BCUT2D eigenvalue weighted by molar-refractivity contribution is 0.0238. The minimum Gasteiger partial charge on any atom is -0.329 e. The van der Waals surface area contributed by atoms with Gasteiger partial charge in [0.25, 0.3) is 0 Å². The third-order valence-electron chi connectivity index (χ3n) is 5.46. The van der Waals surface area contributed by atoms with Crippen LogP contribution in [0.3, 0.4) is 0 Å². The lowest BCUT2D eigenvalue weighted by Crippen LogP contribution is -2.60. The third-order valence-corrected chi connectivity index (χ3v) is 5.46. The largest absolute Gasteiger partial charge is 0.329 e. The van der Waals surface area contributed by atoms with E-state index < -0.39 is 0 Å². The molecule has 1 aliphatic heterocycles. The fourth-order valence-electron chi connectivity index (χ4n) is 4.04. The molecule has 1 saturated heterocycles. The summed E-state index contributed by atoms with van der Waals surface area (Å²) in [5.74, 6) is 0. The average molecular weight is 251 g/mol. The van der Waals surface area contributed by atoms with Crippen LogP contribution in [0.4, 0.5) is 0 Å². The number of nitrogens with two attached hydrogens (primary N) is 1. The first-order valence-electron chi connectivity index (χ1n) is 8.03. The van der Waals surface area contributed by atoms with Crippen LogP contribution in [-0.4, -0.2) is 54.1 Å². The van der Waals surface area contributed by atoms with Crippen LogP contribution in [-0.2, 0) is 0 Å². The SMILES string of the molecule is NCC1(N2CCN(C3CC3)CC2)CCCCCC1. The molecule has 0 spiro atoms. The first-order valence-corrected chi connectivity index (χ1v) is 8.03. The summed E-state index contributed by atoms with van der Waals surface area (Å²) in [6.07, 6.45) is 11.2. The minimum absolute atomic E-state index is 0.353. The second kappa shape index (κ2) is 5.48. The number of nitrogens with zero attached hydrogens (tertiary/aromatic N) is 2. The van der Waals surface area contributed by atoms with Gasteiger partial charge in [-0.3, -0.25) is 9.80 Å². The Bertz CT molecular complexity index is 259. The van der Waals surface area contributed by atoms with E-state index in [0.717, 1.165) is 12.6 Å². The van der Waals surface area contributed by atoms with E-state index in [-0.39, 0.29) is 0 Å². The van der Waals surface area contributed by atoms with Gasteiger partial charge in [0.15, 0.2) is 0 Å². The average Bonchev–Trinajstić information content (AvgIpc) is 3.26. The maximum atomic E-state index is 6.19. The summed E-state index contributed by atoms with van der Waals surface area (Å²) in [6.45, 7) is 5.96. The lowest BCUT2D eigenvalue weighted by atomic mass is 9.87. The zero-order chi connectivity index (χ0) is 12.4. The molecule has 3 heteroatoms. The summed E-state index contributed by atoms with van der Waals surface area (Å²) in [5.41, 5.74) is 6.54. The highest BCUT2D eigenvalue weighted by Gasteiger charge is 2.39. The molecule has 3 nitrogen and oxygen atoms in total. The smallest absolute Gasteiger partial charge is 0.0332 e. The van der Waals surface area contributed by atoms with Gasteiger partial charge in [0.1, 0.15) is 0 Å². The molecule has 3 fully saturated rings. The molecule has 1 heterocycles. The summed E-state index contributed by atoms with van der Waals surface area (Å²) in [6, 6.07) is 0.940. The summed E-state index contributed by atoms with van der Waals surface area (Å²) < 4.78 is 0. The molecule has 0 radical (unpaired) electrons. The Morgan fingerprint density at radius 3 is 2.00 bits per heavy atom. The Morgan fingerprint density at radius 2 is 1.50 bits per heavy atom. The molecule has 0 unspecified atom stereocenters. The van der Waals surface area contributed by atoms with E-state index in [2.05, 4.69) is 9.80 Å². The van der Waals surface area contributed by atoms with Crippen molar-refractivity contribution < 1.29 is 0 Å². The van der Waals surface area contributed by atoms with Gasteiger partial charge in [0.05, 0.1) is 0 Å². The molecule has 0 atom stereocenters. The number of rotatable bonds is 3. The second-order valence-electron chi connectivity index (χ2n) is 6.60. The maximum Gasteiger partial charge on any atom is 0.0332 e. The fourth-order valence-corrected chi connectivity index (χ4v) is 4.04. The maximum absolute atomic E-state index is 6.19. The number of piperazine rings is 1. The normalized spacial score (nSPS) is 31.2. The van der Waals surface area contributed by atoms with E-state index in [9.17, 15) is 0 Å². The van der Waals surface area contributed by atoms with Crippen LogP contribution in [0.2, 0.25) is 0 Å². The molecule has 0 aromatic rings. The van der Waals surface area contributed by atoms with Crippen molar-refractivity contribution in [3.05, 3.63) is 0 Å². The predicted octanol–water partition coefficient (Wildman–Crippen LogP) is 1.82. The van der Waals surface area contributed by atoms with Crippen LogP contribution in [0, 0.1) is 0 Å². The molecule has 3 rings (SSSR count). The molecule has 0 bridgehead atoms. The Balaban J connectivity index is 1.60. The monoisotopic (exact) mass is 251 g/mol. The Labute approximate surface area is 112 Å². The molecule has 2 aliphatic carbocycles. The van der Waals surface area contributed by atoms with Gasteiger partial charge in [0.2, 0.25) is 0 Å². The topological polar surface area (TPSA) is 32.5 Å². The summed E-state index contributed by atoms with van der Waals surface area (Å²) in [7, 11) is 0. The van der Waals surface area contributed by atoms with Crippen LogP contribution in [0.5, 0.6) is 0 Å². The van der Waals surface area contributed by atoms with E-state index >= 15 is 0 Å². The Hall–Kier alpha value is -0.120. The van der Waals surface area contributed by atoms with Crippen molar-refractivity contribution >= 4 is 0 Å². The molecular formula is C15H29N3. The highest BCUT2D eigenvalue weighted by molar-refractivity contribution is 4.97. The fraction of sp³-hybridized carbons (Fsp3) is 1.00. The van der Waals surface area contributed by atoms with E-state index in [4.69, 9.17) is 5.73 Å². The van der Waals surface area contributed by atoms with Gasteiger partial charge in [-0.1, -0.05) is 25.7 Å². The van der Waals surface area contributed by atoms with Crippen LogP contribution in [0.25, 0.3) is 0 Å². The number of hydrogen-bond donors (Lipinski definition) is 1. The molecule has 0 amide bonds. The van der Waals surface area contributed by atoms with Crippen LogP contribution in [0.1, 0.15) is 51.4 Å². The van der Waals surface area contributed by atoms with Crippen molar-refractivity contribution in [3.8, 4) is 0 Å². The summed E-state index contributed by atoms with van der Waals surface area (Å²) >= 11 is 0. The third kappa shape index (κ3) is 2.59. The van der Waals surface area contributed by atoms with E-state index in [1.807, 2.05) is 0 Å². The zero-order valence-corrected chi connectivity index (χ0v) is 11.7. The highest BCUT2D eigenvalue weighted by Crippen LogP contribution is 2.34. The van der Waals surface area contributed by atoms with Crippen LogP contribution in [0.15, 0.2) is 0 Å². The van der Waals surface area contributed by atoms with Crippen LogP contribution < -0.4 is 5.73 Å². The van der Waals surface area contributed by atoms with Crippen molar-refractivity contribution in [1.29, 1.82) is 0 Å². The second-order valence-corrected chi connectivity index (χ2v) is 6.60. The van der Waals surface area contributed by atoms with E-state index in [1.165, 1.54) is 77.5 Å². The molecule has 2 saturated carbocycles. The van der Waals surface area contributed by atoms with Crippen molar-refractivity contribution in [2.24, 2.45) is 5.73 Å². The molecular weight excluding hydrogens is 222 g/mol. The number of hydrogen-bond acceptors (Lipinski definition) is 3. The first kappa shape index (κ1) is 12.9. The van der Waals surface area contributed by atoms with Gasteiger partial charge in [0, 0.05) is 44.3 Å². The molecule has 3 aliphatic rings. The van der Waals surface area contributed by atoms with Gasteiger partial charge in [-0.25, -0.2) is 0 Å². The van der Waals surface area contributed by atoms with Gasteiger partial charge in [-0.05, 0) is 25.7 Å². The Morgan fingerprint density at radius 1 is 0.889 bits per heavy atom. The van der Waals surface area contributed by atoms with Gasteiger partial charge in [-0.15, -0.1) is 0 Å². The summed E-state index contributed by atoms with van der Waals surface area (Å²) in [4.78, 5) is 5.45. The molecule has 2 N–H and O–H groups in total. The molecule has 0 aromatic heterocycles. The zero-order valence-electron chi connectivity index (χ0n) is 11.7. The van der Waals surface area contributed by atoms with Crippen molar-refractivity contribution in [3.63, 3.8) is 0 Å². The van der Waals surface area contributed by atoms with Crippen molar-refractivity contribution in [2.45, 2.75) is 62.9 Å². The first-order chi connectivity index (χ1) is 8.84. The van der Waals surface area contributed by atoms with Gasteiger partial charge in [-0.2, -0.15) is 0 Å². The molecule has 18 heavy (non-hydrogen) atoms. The Kier molecular flexibility index (Phi) is 3.92. The summed E-state index contributed by atoms with van der Waals surface area (Å²) in [5, 5.41) is 0. The highest BCUT2D eigenvalue weighted by atomic mass is 15.3. The van der Waals surface area contributed by atoms with Crippen molar-refractivity contribution in [1.82, 2.24) is 9.80 Å². The molecule has 104 valence electrons. The van der Waals surface area contributed by atoms with Crippen molar-refractivity contribution in [2.75, 3.05) is 32.7 Å². The van der Waals surface area contributed by atoms with Gasteiger partial charge >= 0.3 is 0 Å². The quantitative estimate of drug-likeness (QED) is 0.777. The van der Waals surface area contributed by atoms with E-state index in [0.29, 0.717) is 5.54 Å².